The summed E-state index contributed by atoms with van der Waals surface area (Å²) < 4.78 is 0. The zero-order chi connectivity index (χ0) is 12.0. The molecular weight excluding hydrogens is 200 g/mol. The van der Waals surface area contributed by atoms with Gasteiger partial charge in [0.1, 0.15) is 0 Å². The number of nitrogens with zero attached hydrogens (tertiary/aromatic N) is 2. The molecule has 0 atom stereocenters. The standard InChI is InChI=1S/C13H22N2O/c1-4-15(11-13(2,3)16)9-7-12-6-5-8-14-10-12/h5-6,8,10,16H,4,7,9,11H2,1-3H3. The molecule has 1 aromatic rings. The predicted octanol–water partition coefficient (Wildman–Crippen LogP) is 1.72. The first kappa shape index (κ1) is 13.1. The summed E-state index contributed by atoms with van der Waals surface area (Å²) in [7, 11) is 0. The summed E-state index contributed by atoms with van der Waals surface area (Å²) in [5, 5.41) is 9.76. The monoisotopic (exact) mass is 222 g/mol. The van der Waals surface area contributed by atoms with Crippen LogP contribution in [0.1, 0.15) is 26.3 Å². The van der Waals surface area contributed by atoms with Crippen LogP contribution < -0.4 is 0 Å². The number of pyridine rings is 1. The molecule has 0 aromatic carbocycles. The molecule has 1 heterocycles. The number of likely N-dealkylation sites (N-methyl/N-ethyl adjacent to an activating group) is 1. The Balaban J connectivity index is 2.40. The predicted molar refractivity (Wildman–Crippen MR) is 66.4 cm³/mol. The van der Waals surface area contributed by atoms with E-state index in [1.54, 1.807) is 6.20 Å². The molecule has 1 aromatic heterocycles. The van der Waals surface area contributed by atoms with Gasteiger partial charge in [0.2, 0.25) is 0 Å². The van der Waals surface area contributed by atoms with E-state index in [-0.39, 0.29) is 0 Å². The molecular formula is C13H22N2O. The Morgan fingerprint density at radius 1 is 1.44 bits per heavy atom. The summed E-state index contributed by atoms with van der Waals surface area (Å²) in [6, 6.07) is 4.05. The molecule has 0 unspecified atom stereocenters. The van der Waals surface area contributed by atoms with Gasteiger partial charge in [0, 0.05) is 25.5 Å². The third-order valence-electron chi connectivity index (χ3n) is 2.50. The van der Waals surface area contributed by atoms with Crippen molar-refractivity contribution in [2.45, 2.75) is 32.8 Å². The van der Waals surface area contributed by atoms with E-state index < -0.39 is 5.60 Å². The number of aliphatic hydroxyl groups is 1. The van der Waals surface area contributed by atoms with Crippen molar-refractivity contribution in [1.29, 1.82) is 0 Å². The highest BCUT2D eigenvalue weighted by molar-refractivity contribution is 5.08. The van der Waals surface area contributed by atoms with Gasteiger partial charge >= 0.3 is 0 Å². The molecule has 0 aliphatic carbocycles. The molecule has 0 spiro atoms. The minimum absolute atomic E-state index is 0.620. The van der Waals surface area contributed by atoms with E-state index in [1.165, 1.54) is 5.56 Å². The first-order valence-electron chi connectivity index (χ1n) is 5.85. The Morgan fingerprint density at radius 2 is 2.19 bits per heavy atom. The molecule has 16 heavy (non-hydrogen) atoms. The number of hydrogen-bond donors (Lipinski definition) is 1. The van der Waals surface area contributed by atoms with Crippen LogP contribution in [0.25, 0.3) is 0 Å². The molecule has 3 heteroatoms. The van der Waals surface area contributed by atoms with E-state index in [2.05, 4.69) is 22.9 Å². The lowest BCUT2D eigenvalue weighted by Crippen LogP contribution is -2.39. The van der Waals surface area contributed by atoms with Crippen LogP contribution in [-0.2, 0) is 6.42 Å². The highest BCUT2D eigenvalue weighted by Crippen LogP contribution is 2.06. The van der Waals surface area contributed by atoms with Crippen LogP contribution in [0.15, 0.2) is 24.5 Å². The van der Waals surface area contributed by atoms with E-state index in [1.807, 2.05) is 26.1 Å². The van der Waals surface area contributed by atoms with Gasteiger partial charge in [0.15, 0.2) is 0 Å². The van der Waals surface area contributed by atoms with Crippen LogP contribution >= 0.6 is 0 Å². The Bertz CT molecular complexity index is 293. The van der Waals surface area contributed by atoms with Gasteiger partial charge in [-0.1, -0.05) is 13.0 Å². The molecule has 90 valence electrons. The zero-order valence-electron chi connectivity index (χ0n) is 10.5. The topological polar surface area (TPSA) is 36.4 Å². The SMILES string of the molecule is CCN(CCc1cccnc1)CC(C)(C)O. The van der Waals surface area contributed by atoms with Gasteiger partial charge in [0.25, 0.3) is 0 Å². The summed E-state index contributed by atoms with van der Waals surface area (Å²) in [6.45, 7) is 8.45. The summed E-state index contributed by atoms with van der Waals surface area (Å²) in [5.74, 6) is 0. The van der Waals surface area contributed by atoms with Gasteiger partial charge in [-0.05, 0) is 38.4 Å². The van der Waals surface area contributed by atoms with Crippen molar-refractivity contribution < 1.29 is 5.11 Å². The van der Waals surface area contributed by atoms with Crippen molar-refractivity contribution in [3.63, 3.8) is 0 Å². The summed E-state index contributed by atoms with van der Waals surface area (Å²) in [5.41, 5.74) is 0.627. The first-order chi connectivity index (χ1) is 7.51. The van der Waals surface area contributed by atoms with Crippen LogP contribution in [0, 0.1) is 0 Å². The Labute approximate surface area is 98.1 Å². The largest absolute Gasteiger partial charge is 0.389 e. The van der Waals surface area contributed by atoms with Crippen LogP contribution in [0.4, 0.5) is 0 Å². The zero-order valence-corrected chi connectivity index (χ0v) is 10.5. The number of rotatable bonds is 6. The third-order valence-corrected chi connectivity index (χ3v) is 2.50. The average Bonchev–Trinajstić information content (AvgIpc) is 2.24. The van der Waals surface area contributed by atoms with Crippen molar-refractivity contribution in [3.8, 4) is 0 Å². The van der Waals surface area contributed by atoms with Crippen molar-refractivity contribution >= 4 is 0 Å². The second kappa shape index (κ2) is 5.97. The fourth-order valence-corrected chi connectivity index (χ4v) is 1.73. The molecule has 0 aliphatic rings. The summed E-state index contributed by atoms with van der Waals surface area (Å²) in [4.78, 5) is 6.35. The van der Waals surface area contributed by atoms with Crippen LogP contribution in [0.3, 0.4) is 0 Å². The van der Waals surface area contributed by atoms with Crippen LogP contribution in [0.5, 0.6) is 0 Å². The summed E-state index contributed by atoms with van der Waals surface area (Å²) >= 11 is 0. The molecule has 1 rings (SSSR count). The second-order valence-electron chi connectivity index (χ2n) is 4.79. The maximum atomic E-state index is 9.76. The molecule has 0 radical (unpaired) electrons. The van der Waals surface area contributed by atoms with Crippen molar-refractivity contribution in [2.24, 2.45) is 0 Å². The quantitative estimate of drug-likeness (QED) is 0.796. The van der Waals surface area contributed by atoms with Gasteiger partial charge in [-0.15, -0.1) is 0 Å². The van der Waals surface area contributed by atoms with Gasteiger partial charge in [-0.2, -0.15) is 0 Å². The molecule has 0 saturated carbocycles. The van der Waals surface area contributed by atoms with Crippen molar-refractivity contribution in [1.82, 2.24) is 9.88 Å². The lowest BCUT2D eigenvalue weighted by atomic mass is 10.1. The normalized spacial score (nSPS) is 12.1. The molecule has 0 amide bonds. The third kappa shape index (κ3) is 5.24. The molecule has 0 fully saturated rings. The van der Waals surface area contributed by atoms with Gasteiger partial charge in [0.05, 0.1) is 5.60 Å². The van der Waals surface area contributed by atoms with Gasteiger partial charge < -0.3 is 10.0 Å². The van der Waals surface area contributed by atoms with E-state index in [4.69, 9.17) is 0 Å². The van der Waals surface area contributed by atoms with Crippen molar-refractivity contribution in [2.75, 3.05) is 19.6 Å². The number of aromatic nitrogens is 1. The Hall–Kier alpha value is -0.930. The maximum Gasteiger partial charge on any atom is 0.0718 e. The second-order valence-corrected chi connectivity index (χ2v) is 4.79. The minimum atomic E-state index is -0.620. The number of hydrogen-bond acceptors (Lipinski definition) is 3. The summed E-state index contributed by atoms with van der Waals surface area (Å²) in [6.07, 6.45) is 4.67. The Kier molecular flexibility index (Phi) is 4.90. The maximum absolute atomic E-state index is 9.76. The van der Waals surface area contributed by atoms with Gasteiger partial charge in [-0.25, -0.2) is 0 Å². The Morgan fingerprint density at radius 3 is 2.69 bits per heavy atom. The van der Waals surface area contributed by atoms with Gasteiger partial charge in [-0.3, -0.25) is 4.98 Å². The average molecular weight is 222 g/mol. The van der Waals surface area contributed by atoms with Crippen LogP contribution in [-0.4, -0.2) is 40.2 Å². The highest BCUT2D eigenvalue weighted by Gasteiger charge is 2.16. The van der Waals surface area contributed by atoms with E-state index >= 15 is 0 Å². The lowest BCUT2D eigenvalue weighted by molar-refractivity contribution is 0.0382. The highest BCUT2D eigenvalue weighted by atomic mass is 16.3. The fraction of sp³-hybridized carbons (Fsp3) is 0.615. The fourth-order valence-electron chi connectivity index (χ4n) is 1.73. The molecule has 0 saturated heterocycles. The van der Waals surface area contributed by atoms with Crippen LogP contribution in [0.2, 0.25) is 0 Å². The molecule has 3 nitrogen and oxygen atoms in total. The smallest absolute Gasteiger partial charge is 0.0718 e. The molecule has 0 aliphatic heterocycles. The lowest BCUT2D eigenvalue weighted by Gasteiger charge is -2.27. The van der Waals surface area contributed by atoms with Crippen molar-refractivity contribution in [3.05, 3.63) is 30.1 Å². The first-order valence-corrected chi connectivity index (χ1v) is 5.85. The van der Waals surface area contributed by atoms with E-state index in [0.717, 1.165) is 19.5 Å². The molecule has 1 N–H and O–H groups in total. The molecule has 0 bridgehead atoms. The minimum Gasteiger partial charge on any atom is -0.389 e. The van der Waals surface area contributed by atoms with E-state index in [9.17, 15) is 5.11 Å². The van der Waals surface area contributed by atoms with E-state index in [0.29, 0.717) is 6.54 Å².